The van der Waals surface area contributed by atoms with Crippen molar-refractivity contribution in [3.63, 3.8) is 0 Å². The first-order valence-electron chi connectivity index (χ1n) is 8.38. The Balaban J connectivity index is 2.09. The van der Waals surface area contributed by atoms with E-state index in [9.17, 15) is 14.4 Å². The van der Waals surface area contributed by atoms with Crippen molar-refractivity contribution in [2.75, 3.05) is 14.2 Å². The molecule has 0 bridgehead atoms. The summed E-state index contributed by atoms with van der Waals surface area (Å²) in [7, 11) is 2.46. The molecule has 1 N–H and O–H groups in total. The van der Waals surface area contributed by atoms with Gasteiger partial charge in [0.2, 0.25) is 5.91 Å². The molecule has 0 fully saturated rings. The van der Waals surface area contributed by atoms with Crippen LogP contribution in [0.3, 0.4) is 0 Å². The van der Waals surface area contributed by atoms with E-state index in [1.165, 1.54) is 14.2 Å². The summed E-state index contributed by atoms with van der Waals surface area (Å²) in [6, 6.07) is 13.6. The minimum Gasteiger partial charge on any atom is -0.469 e. The third-order valence-corrected chi connectivity index (χ3v) is 4.27. The fourth-order valence-electron chi connectivity index (χ4n) is 2.92. The van der Waals surface area contributed by atoms with Crippen LogP contribution in [0.1, 0.15) is 31.4 Å². The second-order valence-electron chi connectivity index (χ2n) is 6.06. The highest BCUT2D eigenvalue weighted by Gasteiger charge is 2.26. The van der Waals surface area contributed by atoms with Crippen molar-refractivity contribution in [3.05, 3.63) is 48.0 Å². The molecule has 0 aliphatic rings. The minimum atomic E-state index is -0.868. The summed E-state index contributed by atoms with van der Waals surface area (Å²) in [6.45, 7) is 1.88. The van der Waals surface area contributed by atoms with Gasteiger partial charge in [-0.2, -0.15) is 0 Å². The van der Waals surface area contributed by atoms with Gasteiger partial charge in [-0.05, 0) is 23.3 Å². The summed E-state index contributed by atoms with van der Waals surface area (Å²) in [4.78, 5) is 35.7. The molecule has 2 aromatic carbocycles. The maximum absolute atomic E-state index is 12.4. The average Bonchev–Trinajstić information content (AvgIpc) is 2.65. The number of amides is 1. The van der Waals surface area contributed by atoms with Gasteiger partial charge in [0.1, 0.15) is 0 Å². The predicted molar refractivity (Wildman–Crippen MR) is 97.3 cm³/mol. The fourth-order valence-corrected chi connectivity index (χ4v) is 2.92. The van der Waals surface area contributed by atoms with E-state index in [0.717, 1.165) is 16.3 Å². The number of carbonyl (C=O) groups excluding carboxylic acids is 3. The molecule has 1 amide bonds. The van der Waals surface area contributed by atoms with E-state index in [1.54, 1.807) is 0 Å². The molecule has 26 heavy (non-hydrogen) atoms. The lowest BCUT2D eigenvalue weighted by atomic mass is 9.98. The van der Waals surface area contributed by atoms with Gasteiger partial charge in [-0.25, -0.2) is 0 Å². The number of ether oxygens (including phenoxy) is 2. The summed E-state index contributed by atoms with van der Waals surface area (Å²) in [5, 5.41) is 5.03. The lowest BCUT2D eigenvalue weighted by Crippen LogP contribution is -2.32. The van der Waals surface area contributed by atoms with Crippen LogP contribution in [0, 0.1) is 5.92 Å². The van der Waals surface area contributed by atoms with Crippen molar-refractivity contribution in [3.8, 4) is 0 Å². The average molecular weight is 357 g/mol. The predicted octanol–water partition coefficient (Wildman–Crippen LogP) is 2.76. The van der Waals surface area contributed by atoms with E-state index in [4.69, 9.17) is 0 Å². The highest BCUT2D eigenvalue weighted by Crippen LogP contribution is 2.24. The zero-order valence-corrected chi connectivity index (χ0v) is 15.2. The zero-order valence-electron chi connectivity index (χ0n) is 15.2. The van der Waals surface area contributed by atoms with Gasteiger partial charge in [-0.1, -0.05) is 42.5 Å². The smallest absolute Gasteiger partial charge is 0.309 e. The van der Waals surface area contributed by atoms with Crippen LogP contribution in [0.25, 0.3) is 10.8 Å². The van der Waals surface area contributed by atoms with Crippen molar-refractivity contribution in [2.45, 2.75) is 25.8 Å². The summed E-state index contributed by atoms with van der Waals surface area (Å²) < 4.78 is 9.26. The number of nitrogens with one attached hydrogen (secondary N) is 1. The van der Waals surface area contributed by atoms with Gasteiger partial charge in [0.25, 0.3) is 0 Å². The normalized spacial score (nSPS) is 12.9. The number of benzene rings is 2. The summed E-state index contributed by atoms with van der Waals surface area (Å²) in [5.74, 6) is -2.37. The molecule has 6 nitrogen and oxygen atoms in total. The van der Waals surface area contributed by atoms with Gasteiger partial charge in [-0.3, -0.25) is 14.4 Å². The Labute approximate surface area is 152 Å². The third-order valence-electron chi connectivity index (χ3n) is 4.27. The first-order chi connectivity index (χ1) is 12.5. The first-order valence-corrected chi connectivity index (χ1v) is 8.38. The molecule has 0 unspecified atom stereocenters. The van der Waals surface area contributed by atoms with Crippen LogP contribution < -0.4 is 5.32 Å². The SMILES string of the molecule is COC(=O)C[C@@H](CC(=O)N[C@H](C)c1cccc2ccccc12)C(=O)OC. The number of esters is 2. The molecular formula is C20H23NO5. The van der Waals surface area contributed by atoms with Crippen molar-refractivity contribution >= 4 is 28.6 Å². The highest BCUT2D eigenvalue weighted by atomic mass is 16.5. The van der Waals surface area contributed by atoms with Crippen molar-refractivity contribution < 1.29 is 23.9 Å². The molecule has 0 aliphatic carbocycles. The molecule has 2 atom stereocenters. The van der Waals surface area contributed by atoms with Crippen LogP contribution in [-0.4, -0.2) is 32.1 Å². The molecule has 0 heterocycles. The molecule has 0 aliphatic heterocycles. The standard InChI is InChI=1S/C20H23NO5/c1-13(16-10-6-8-14-7-4-5-9-17(14)16)21-18(22)11-15(20(24)26-3)12-19(23)25-2/h4-10,13,15H,11-12H2,1-3H3,(H,21,22)/t13-,15-/m1/s1. The number of hydrogen-bond donors (Lipinski definition) is 1. The first kappa shape index (κ1) is 19.4. The van der Waals surface area contributed by atoms with E-state index in [-0.39, 0.29) is 24.8 Å². The molecule has 2 rings (SSSR count). The number of methoxy groups -OCH3 is 2. The summed E-state index contributed by atoms with van der Waals surface area (Å²) in [5.41, 5.74) is 0.985. The van der Waals surface area contributed by atoms with Crippen LogP contribution in [0.5, 0.6) is 0 Å². The topological polar surface area (TPSA) is 81.7 Å². The summed E-state index contributed by atoms with van der Waals surface area (Å²) in [6.07, 6.45) is -0.337. The molecule has 0 radical (unpaired) electrons. The van der Waals surface area contributed by atoms with Gasteiger partial charge in [-0.15, -0.1) is 0 Å². The second kappa shape index (κ2) is 8.99. The molecule has 2 aromatic rings. The summed E-state index contributed by atoms with van der Waals surface area (Å²) >= 11 is 0. The lowest BCUT2D eigenvalue weighted by molar-refractivity contribution is -0.153. The van der Waals surface area contributed by atoms with Crippen LogP contribution in [0.15, 0.2) is 42.5 Å². The molecule has 0 spiro atoms. The van der Waals surface area contributed by atoms with Gasteiger partial charge < -0.3 is 14.8 Å². The fraction of sp³-hybridized carbons (Fsp3) is 0.350. The van der Waals surface area contributed by atoms with Crippen molar-refractivity contribution in [2.24, 2.45) is 5.92 Å². The quantitative estimate of drug-likeness (QED) is 0.771. The largest absolute Gasteiger partial charge is 0.469 e. The third kappa shape index (κ3) is 4.81. The van der Waals surface area contributed by atoms with Crippen LogP contribution in [-0.2, 0) is 23.9 Å². The van der Waals surface area contributed by atoms with E-state index in [2.05, 4.69) is 14.8 Å². The van der Waals surface area contributed by atoms with Crippen LogP contribution >= 0.6 is 0 Å². The Morgan fingerprint density at radius 3 is 2.35 bits per heavy atom. The maximum Gasteiger partial charge on any atom is 0.309 e. The van der Waals surface area contributed by atoms with Crippen molar-refractivity contribution in [1.29, 1.82) is 0 Å². The number of carbonyl (C=O) groups is 3. The Kier molecular flexibility index (Phi) is 6.72. The molecule has 0 aromatic heterocycles. The molecule has 6 heteroatoms. The molecular weight excluding hydrogens is 334 g/mol. The van der Waals surface area contributed by atoms with Crippen LogP contribution in [0.2, 0.25) is 0 Å². The second-order valence-corrected chi connectivity index (χ2v) is 6.06. The Morgan fingerprint density at radius 2 is 1.65 bits per heavy atom. The number of fused-ring (bicyclic) bond motifs is 1. The van der Waals surface area contributed by atoms with Crippen LogP contribution in [0.4, 0.5) is 0 Å². The molecule has 0 saturated heterocycles. The Morgan fingerprint density at radius 1 is 0.962 bits per heavy atom. The molecule has 138 valence electrons. The van der Waals surface area contributed by atoms with Crippen molar-refractivity contribution in [1.82, 2.24) is 5.32 Å². The van der Waals surface area contributed by atoms with E-state index in [0.29, 0.717) is 0 Å². The monoisotopic (exact) mass is 357 g/mol. The van der Waals surface area contributed by atoms with E-state index in [1.807, 2.05) is 49.4 Å². The van der Waals surface area contributed by atoms with Gasteiger partial charge in [0, 0.05) is 6.42 Å². The van der Waals surface area contributed by atoms with Gasteiger partial charge >= 0.3 is 11.9 Å². The Hall–Kier alpha value is -2.89. The minimum absolute atomic E-state index is 0.142. The lowest BCUT2D eigenvalue weighted by Gasteiger charge is -2.18. The zero-order chi connectivity index (χ0) is 19.1. The van der Waals surface area contributed by atoms with E-state index < -0.39 is 17.9 Å². The number of rotatable bonds is 7. The van der Waals surface area contributed by atoms with Gasteiger partial charge in [0.15, 0.2) is 0 Å². The maximum atomic E-state index is 12.4. The Bertz CT molecular complexity index is 796. The van der Waals surface area contributed by atoms with E-state index >= 15 is 0 Å². The molecule has 0 saturated carbocycles. The van der Waals surface area contributed by atoms with Gasteiger partial charge in [0.05, 0.1) is 32.6 Å². The number of hydrogen-bond acceptors (Lipinski definition) is 5. The highest BCUT2D eigenvalue weighted by molar-refractivity contribution is 5.88.